The molecule has 0 aliphatic heterocycles. The van der Waals surface area contributed by atoms with E-state index in [0.29, 0.717) is 6.42 Å². The zero-order valence-corrected chi connectivity index (χ0v) is 11.4. The highest BCUT2D eigenvalue weighted by molar-refractivity contribution is 7.92. The van der Waals surface area contributed by atoms with Gasteiger partial charge in [-0.3, -0.25) is 4.79 Å². The first-order chi connectivity index (χ1) is 6.94. The second-order valence-electron chi connectivity index (χ2n) is 4.99. The number of nitrogens with one attached hydrogen (secondary N) is 1. The van der Waals surface area contributed by atoms with E-state index in [1.54, 1.807) is 27.7 Å². The molecular formula is C10H22N2O3S. The van der Waals surface area contributed by atoms with Crippen molar-refractivity contribution in [3.63, 3.8) is 0 Å². The number of nitrogens with two attached hydrogens (primary N) is 1. The molecule has 0 aromatic rings. The minimum Gasteiger partial charge on any atom is -0.353 e. The third-order valence-electron chi connectivity index (χ3n) is 2.93. The number of carbonyl (C=O) groups is 1. The molecule has 0 fully saturated rings. The Morgan fingerprint density at radius 2 is 1.75 bits per heavy atom. The molecule has 1 amide bonds. The van der Waals surface area contributed by atoms with Crippen molar-refractivity contribution in [3.8, 4) is 0 Å². The first-order valence-electron chi connectivity index (χ1n) is 5.21. The lowest BCUT2D eigenvalue weighted by Gasteiger charge is -2.27. The van der Waals surface area contributed by atoms with E-state index in [1.807, 2.05) is 0 Å². The number of sulfone groups is 1. The Morgan fingerprint density at radius 3 is 2.06 bits per heavy atom. The van der Waals surface area contributed by atoms with Gasteiger partial charge in [-0.05, 0) is 27.2 Å². The van der Waals surface area contributed by atoms with Crippen LogP contribution in [0.2, 0.25) is 0 Å². The maximum Gasteiger partial charge on any atom is 0.239 e. The highest BCUT2D eigenvalue weighted by Crippen LogP contribution is 2.14. The summed E-state index contributed by atoms with van der Waals surface area (Å²) in [6.07, 6.45) is 1.65. The van der Waals surface area contributed by atoms with E-state index in [2.05, 4.69) is 5.32 Å². The normalized spacial score (nSPS) is 16.6. The monoisotopic (exact) mass is 250 g/mol. The van der Waals surface area contributed by atoms with Gasteiger partial charge >= 0.3 is 0 Å². The van der Waals surface area contributed by atoms with E-state index in [9.17, 15) is 13.2 Å². The molecule has 0 bridgehead atoms. The Morgan fingerprint density at radius 1 is 1.31 bits per heavy atom. The molecule has 0 heterocycles. The quantitative estimate of drug-likeness (QED) is 0.721. The van der Waals surface area contributed by atoms with Crippen molar-refractivity contribution in [1.29, 1.82) is 0 Å². The van der Waals surface area contributed by atoms with Crippen LogP contribution in [0.15, 0.2) is 0 Å². The summed E-state index contributed by atoms with van der Waals surface area (Å²) >= 11 is 0. The summed E-state index contributed by atoms with van der Waals surface area (Å²) in [6, 6.07) is 0. The molecular weight excluding hydrogens is 228 g/mol. The molecule has 0 aromatic heterocycles. The molecule has 3 N–H and O–H groups in total. The Hall–Kier alpha value is -0.620. The Balaban J connectivity index is 4.55. The second kappa shape index (κ2) is 4.71. The van der Waals surface area contributed by atoms with Crippen LogP contribution < -0.4 is 11.1 Å². The van der Waals surface area contributed by atoms with Crippen molar-refractivity contribution < 1.29 is 13.2 Å². The Kier molecular flexibility index (Phi) is 4.53. The fourth-order valence-corrected chi connectivity index (χ4v) is 1.12. The third kappa shape index (κ3) is 3.75. The van der Waals surface area contributed by atoms with Gasteiger partial charge in [0.1, 0.15) is 0 Å². The largest absolute Gasteiger partial charge is 0.353 e. The molecule has 0 saturated heterocycles. The lowest BCUT2D eigenvalue weighted by molar-refractivity contribution is -0.125. The Bertz CT molecular complexity index is 358. The molecule has 0 saturated carbocycles. The van der Waals surface area contributed by atoms with Crippen LogP contribution in [0.5, 0.6) is 0 Å². The third-order valence-corrected chi connectivity index (χ3v) is 5.08. The maximum absolute atomic E-state index is 11.6. The summed E-state index contributed by atoms with van der Waals surface area (Å²) in [7, 11) is -3.21. The van der Waals surface area contributed by atoms with Crippen molar-refractivity contribution in [3.05, 3.63) is 0 Å². The van der Waals surface area contributed by atoms with E-state index < -0.39 is 20.1 Å². The minimum atomic E-state index is -3.21. The van der Waals surface area contributed by atoms with Crippen molar-refractivity contribution >= 4 is 15.7 Å². The number of rotatable bonds is 5. The first kappa shape index (κ1) is 15.4. The van der Waals surface area contributed by atoms with Crippen LogP contribution in [0.25, 0.3) is 0 Å². The van der Waals surface area contributed by atoms with E-state index in [0.717, 1.165) is 6.26 Å². The second-order valence-corrected chi connectivity index (χ2v) is 7.64. The summed E-state index contributed by atoms with van der Waals surface area (Å²) in [4.78, 5) is 11.6. The van der Waals surface area contributed by atoms with Gasteiger partial charge < -0.3 is 11.1 Å². The highest BCUT2D eigenvalue weighted by atomic mass is 32.2. The maximum atomic E-state index is 11.6. The fourth-order valence-electron chi connectivity index (χ4n) is 0.787. The van der Waals surface area contributed by atoms with Crippen LogP contribution in [0.3, 0.4) is 0 Å². The average Bonchev–Trinajstić information content (AvgIpc) is 2.12. The molecule has 1 atom stereocenters. The van der Waals surface area contributed by atoms with Gasteiger partial charge in [-0.25, -0.2) is 8.42 Å². The van der Waals surface area contributed by atoms with Crippen LogP contribution in [0.4, 0.5) is 0 Å². The van der Waals surface area contributed by atoms with Crippen LogP contribution >= 0.6 is 0 Å². The topological polar surface area (TPSA) is 89.3 Å². The van der Waals surface area contributed by atoms with Gasteiger partial charge in [-0.1, -0.05) is 6.92 Å². The zero-order valence-electron chi connectivity index (χ0n) is 10.6. The number of amides is 1. The lowest BCUT2D eigenvalue weighted by atomic mass is 9.99. The number of carbonyl (C=O) groups excluding carboxylic acids is 1. The van der Waals surface area contributed by atoms with Crippen molar-refractivity contribution in [2.75, 3.05) is 12.8 Å². The van der Waals surface area contributed by atoms with Gasteiger partial charge in [0.25, 0.3) is 0 Å². The van der Waals surface area contributed by atoms with Gasteiger partial charge in [0.2, 0.25) is 5.91 Å². The smallest absolute Gasteiger partial charge is 0.239 e. The molecule has 1 unspecified atom stereocenters. The molecule has 0 aliphatic carbocycles. The molecule has 5 nitrogen and oxygen atoms in total. The van der Waals surface area contributed by atoms with Gasteiger partial charge in [-0.2, -0.15) is 0 Å². The molecule has 0 aliphatic rings. The molecule has 0 spiro atoms. The highest BCUT2D eigenvalue weighted by Gasteiger charge is 2.33. The van der Waals surface area contributed by atoms with Gasteiger partial charge in [0.15, 0.2) is 9.84 Å². The standard InChI is InChI=1S/C10H22N2O3S/c1-6-10(4,11)8(13)12-7-9(2,3)16(5,14)15/h6-7,11H2,1-5H3,(H,12,13). The lowest BCUT2D eigenvalue weighted by Crippen LogP contribution is -2.54. The van der Waals surface area contributed by atoms with Crippen LogP contribution in [0.1, 0.15) is 34.1 Å². The van der Waals surface area contributed by atoms with E-state index in [4.69, 9.17) is 5.73 Å². The number of hydrogen-bond donors (Lipinski definition) is 2. The molecule has 0 rings (SSSR count). The van der Waals surface area contributed by atoms with Crippen molar-refractivity contribution in [2.24, 2.45) is 5.73 Å². The molecule has 16 heavy (non-hydrogen) atoms. The van der Waals surface area contributed by atoms with Gasteiger partial charge in [-0.15, -0.1) is 0 Å². The molecule has 0 radical (unpaired) electrons. The Labute approximate surface area is 97.7 Å². The van der Waals surface area contributed by atoms with E-state index in [-0.39, 0.29) is 12.5 Å². The predicted octanol–water partition coefficient (Wildman–Crippen LogP) is 0.0532. The van der Waals surface area contributed by atoms with Crippen LogP contribution in [0, 0.1) is 0 Å². The average molecular weight is 250 g/mol. The first-order valence-corrected chi connectivity index (χ1v) is 7.10. The van der Waals surface area contributed by atoms with E-state index >= 15 is 0 Å². The SMILES string of the molecule is CCC(C)(N)C(=O)NCC(C)(C)S(C)(=O)=O. The van der Waals surface area contributed by atoms with Crippen LogP contribution in [-0.4, -0.2) is 37.4 Å². The van der Waals surface area contributed by atoms with E-state index in [1.165, 1.54) is 0 Å². The zero-order chi connectivity index (χ0) is 13.2. The summed E-state index contributed by atoms with van der Waals surface area (Å²) in [5.74, 6) is -0.327. The minimum absolute atomic E-state index is 0.0669. The summed E-state index contributed by atoms with van der Waals surface area (Å²) < 4.78 is 21.8. The molecule has 96 valence electrons. The predicted molar refractivity (Wildman–Crippen MR) is 64.8 cm³/mol. The van der Waals surface area contributed by atoms with Crippen molar-refractivity contribution in [2.45, 2.75) is 44.4 Å². The fraction of sp³-hybridized carbons (Fsp3) is 0.900. The molecule has 6 heteroatoms. The van der Waals surface area contributed by atoms with Crippen molar-refractivity contribution in [1.82, 2.24) is 5.32 Å². The summed E-state index contributed by atoms with van der Waals surface area (Å²) in [5.41, 5.74) is 4.79. The summed E-state index contributed by atoms with van der Waals surface area (Å²) in [6.45, 7) is 6.64. The molecule has 0 aromatic carbocycles. The van der Waals surface area contributed by atoms with Gasteiger partial charge in [0.05, 0.1) is 10.3 Å². The number of hydrogen-bond acceptors (Lipinski definition) is 4. The summed E-state index contributed by atoms with van der Waals surface area (Å²) in [5, 5.41) is 2.58. The van der Waals surface area contributed by atoms with Gasteiger partial charge in [0, 0.05) is 12.8 Å². The van der Waals surface area contributed by atoms with Crippen LogP contribution in [-0.2, 0) is 14.6 Å².